The van der Waals surface area contributed by atoms with Crippen LogP contribution in [-0.2, 0) is 11.3 Å². The first-order chi connectivity index (χ1) is 16.5. The fourth-order valence-corrected chi connectivity index (χ4v) is 3.70. The average molecular weight is 452 g/mol. The van der Waals surface area contributed by atoms with E-state index >= 15 is 0 Å². The minimum Gasteiger partial charge on any atom is -0.495 e. The van der Waals surface area contributed by atoms with Crippen LogP contribution in [0.25, 0.3) is 17.0 Å². The van der Waals surface area contributed by atoms with Crippen molar-refractivity contribution in [3.63, 3.8) is 0 Å². The maximum atomic E-state index is 12.9. The highest BCUT2D eigenvalue weighted by Gasteiger charge is 2.17. The second kappa shape index (κ2) is 9.71. The van der Waals surface area contributed by atoms with Gasteiger partial charge in [0.05, 0.1) is 17.7 Å². The first-order valence-electron chi connectivity index (χ1n) is 10.4. The second-order valence-corrected chi connectivity index (χ2v) is 7.48. The van der Waals surface area contributed by atoms with Crippen molar-refractivity contribution in [3.05, 3.63) is 106 Å². The van der Waals surface area contributed by atoms with E-state index in [1.54, 1.807) is 0 Å². The summed E-state index contributed by atoms with van der Waals surface area (Å²) in [6, 6.07) is 23.5. The fraction of sp³-hybridized carbons (Fsp3) is 0.0769. The van der Waals surface area contributed by atoms with Gasteiger partial charge in [0.1, 0.15) is 17.4 Å². The minimum atomic E-state index is -0.693. The van der Waals surface area contributed by atoms with E-state index in [1.165, 1.54) is 31.4 Å². The third kappa shape index (κ3) is 4.64. The first-order valence-corrected chi connectivity index (χ1v) is 10.4. The summed E-state index contributed by atoms with van der Waals surface area (Å²) in [5.41, 5.74) is 2.56. The van der Waals surface area contributed by atoms with Crippen LogP contribution < -0.4 is 10.1 Å². The van der Waals surface area contributed by atoms with Gasteiger partial charge in [-0.3, -0.25) is 14.9 Å². The summed E-state index contributed by atoms with van der Waals surface area (Å²) in [5.74, 6) is -0.447. The van der Waals surface area contributed by atoms with Crippen LogP contribution in [0, 0.1) is 21.4 Å². The highest BCUT2D eigenvalue weighted by molar-refractivity contribution is 6.11. The lowest BCUT2D eigenvalue weighted by molar-refractivity contribution is -0.384. The maximum absolute atomic E-state index is 12.9. The van der Waals surface area contributed by atoms with Crippen molar-refractivity contribution in [2.45, 2.75) is 6.54 Å². The SMILES string of the molecule is COc1ccc([N+](=O)[O-])cc1NC(=O)/C(C#N)=C/c1cn(Cc2ccccc2)c2ccccc12. The zero-order valence-corrected chi connectivity index (χ0v) is 18.3. The van der Waals surface area contributed by atoms with Gasteiger partial charge in [0.2, 0.25) is 0 Å². The first kappa shape index (κ1) is 22.3. The number of ether oxygens (including phenoxy) is 1. The Morgan fingerprint density at radius 2 is 1.88 bits per heavy atom. The zero-order chi connectivity index (χ0) is 24.1. The van der Waals surface area contributed by atoms with Crippen molar-refractivity contribution in [2.75, 3.05) is 12.4 Å². The molecule has 8 nitrogen and oxygen atoms in total. The highest BCUT2D eigenvalue weighted by atomic mass is 16.6. The Labute approximate surface area is 195 Å². The Bertz CT molecular complexity index is 1450. The van der Waals surface area contributed by atoms with Gasteiger partial charge in [-0.25, -0.2) is 0 Å². The number of para-hydroxylation sites is 1. The van der Waals surface area contributed by atoms with Crippen molar-refractivity contribution in [1.82, 2.24) is 4.57 Å². The van der Waals surface area contributed by atoms with Crippen LogP contribution in [0.5, 0.6) is 5.75 Å². The van der Waals surface area contributed by atoms with Crippen LogP contribution in [-0.4, -0.2) is 22.5 Å². The molecular weight excluding hydrogens is 432 g/mol. The summed E-state index contributed by atoms with van der Waals surface area (Å²) in [6.45, 7) is 0.633. The molecule has 0 aliphatic heterocycles. The Hall–Kier alpha value is -4.90. The summed E-state index contributed by atoms with van der Waals surface area (Å²) >= 11 is 0. The number of rotatable bonds is 7. The molecule has 0 spiro atoms. The standard InChI is InChI=1S/C26H20N4O4/c1-34-25-12-11-21(30(32)33)14-23(25)28-26(31)19(15-27)13-20-17-29(16-18-7-3-2-4-8-18)24-10-6-5-9-22(20)24/h2-14,17H,16H2,1H3,(H,28,31)/b19-13+. The number of nitro benzene ring substituents is 1. The number of benzene rings is 3. The molecule has 4 aromatic rings. The van der Waals surface area contributed by atoms with Gasteiger partial charge >= 0.3 is 0 Å². The number of nitrogens with one attached hydrogen (secondary N) is 1. The van der Waals surface area contributed by atoms with Gasteiger partial charge in [0, 0.05) is 41.3 Å². The molecule has 1 aromatic heterocycles. The molecule has 0 saturated heterocycles. The average Bonchev–Trinajstić information content (AvgIpc) is 3.20. The molecule has 1 heterocycles. The number of aromatic nitrogens is 1. The molecule has 1 amide bonds. The van der Waals surface area contributed by atoms with Crippen LogP contribution in [0.2, 0.25) is 0 Å². The summed E-state index contributed by atoms with van der Waals surface area (Å²) in [5, 5.41) is 24.3. The van der Waals surface area contributed by atoms with E-state index in [2.05, 4.69) is 9.88 Å². The number of nitrogens with zero attached hydrogens (tertiary/aromatic N) is 3. The summed E-state index contributed by atoms with van der Waals surface area (Å²) in [4.78, 5) is 23.4. The zero-order valence-electron chi connectivity index (χ0n) is 18.3. The molecule has 0 aliphatic rings. The van der Waals surface area contributed by atoms with Gasteiger partial charge in [-0.2, -0.15) is 5.26 Å². The molecule has 0 unspecified atom stereocenters. The number of carbonyl (C=O) groups excluding carboxylic acids is 1. The van der Waals surface area contributed by atoms with E-state index in [4.69, 9.17) is 4.74 Å². The van der Waals surface area contributed by atoms with E-state index in [1.807, 2.05) is 66.9 Å². The summed E-state index contributed by atoms with van der Waals surface area (Å²) < 4.78 is 7.25. The van der Waals surface area contributed by atoms with E-state index in [9.17, 15) is 20.2 Å². The van der Waals surface area contributed by atoms with Crippen molar-refractivity contribution < 1.29 is 14.5 Å². The van der Waals surface area contributed by atoms with E-state index in [-0.39, 0.29) is 22.7 Å². The number of methoxy groups -OCH3 is 1. The normalized spacial score (nSPS) is 11.1. The van der Waals surface area contributed by atoms with Gasteiger partial charge in [-0.1, -0.05) is 48.5 Å². The van der Waals surface area contributed by atoms with Crippen LogP contribution in [0.1, 0.15) is 11.1 Å². The van der Waals surface area contributed by atoms with Gasteiger partial charge in [0.25, 0.3) is 11.6 Å². The predicted molar refractivity (Wildman–Crippen MR) is 129 cm³/mol. The smallest absolute Gasteiger partial charge is 0.271 e. The molecule has 0 atom stereocenters. The van der Waals surface area contributed by atoms with E-state index in [0.29, 0.717) is 12.1 Å². The maximum Gasteiger partial charge on any atom is 0.271 e. The molecule has 4 rings (SSSR count). The number of nitro groups is 1. The Kier molecular flexibility index (Phi) is 6.37. The third-order valence-electron chi connectivity index (χ3n) is 5.32. The highest BCUT2D eigenvalue weighted by Crippen LogP contribution is 2.30. The number of nitriles is 1. The van der Waals surface area contributed by atoms with Crippen LogP contribution in [0.3, 0.4) is 0 Å². The molecule has 0 radical (unpaired) electrons. The van der Waals surface area contributed by atoms with Gasteiger partial charge < -0.3 is 14.6 Å². The number of amides is 1. The minimum absolute atomic E-state index is 0.106. The molecule has 1 N–H and O–H groups in total. The largest absolute Gasteiger partial charge is 0.495 e. The Balaban J connectivity index is 1.69. The lowest BCUT2D eigenvalue weighted by Crippen LogP contribution is -2.14. The topological polar surface area (TPSA) is 110 Å². The Morgan fingerprint density at radius 1 is 1.15 bits per heavy atom. The fourth-order valence-electron chi connectivity index (χ4n) is 3.70. The molecule has 3 aromatic carbocycles. The number of hydrogen-bond donors (Lipinski definition) is 1. The van der Waals surface area contributed by atoms with Crippen molar-refractivity contribution in [1.29, 1.82) is 5.26 Å². The quantitative estimate of drug-likeness (QED) is 0.180. The molecule has 0 fully saturated rings. The number of non-ortho nitro benzene ring substituents is 1. The molecule has 168 valence electrons. The molecule has 8 heteroatoms. The van der Waals surface area contributed by atoms with Gasteiger partial charge in [0.15, 0.2) is 0 Å². The third-order valence-corrected chi connectivity index (χ3v) is 5.32. The van der Waals surface area contributed by atoms with Crippen molar-refractivity contribution >= 4 is 34.3 Å². The summed E-state index contributed by atoms with van der Waals surface area (Å²) in [7, 11) is 1.39. The number of carbonyl (C=O) groups is 1. The lowest BCUT2D eigenvalue weighted by atomic mass is 10.1. The van der Waals surface area contributed by atoms with E-state index in [0.717, 1.165) is 16.5 Å². The van der Waals surface area contributed by atoms with Crippen LogP contribution in [0.15, 0.2) is 84.6 Å². The second-order valence-electron chi connectivity index (χ2n) is 7.48. The lowest BCUT2D eigenvalue weighted by Gasteiger charge is -2.09. The predicted octanol–water partition coefficient (Wildman–Crippen LogP) is 5.15. The number of anilines is 1. The summed E-state index contributed by atoms with van der Waals surface area (Å²) in [6.07, 6.45) is 3.42. The number of hydrogen-bond acceptors (Lipinski definition) is 5. The molecule has 0 saturated carbocycles. The van der Waals surface area contributed by atoms with Crippen LogP contribution in [0.4, 0.5) is 11.4 Å². The number of fused-ring (bicyclic) bond motifs is 1. The molecule has 34 heavy (non-hydrogen) atoms. The van der Waals surface area contributed by atoms with Gasteiger partial charge in [-0.05, 0) is 23.8 Å². The molecular formula is C26H20N4O4. The van der Waals surface area contributed by atoms with Crippen molar-refractivity contribution in [3.8, 4) is 11.8 Å². The van der Waals surface area contributed by atoms with Crippen LogP contribution >= 0.6 is 0 Å². The van der Waals surface area contributed by atoms with Gasteiger partial charge in [-0.15, -0.1) is 0 Å². The Morgan fingerprint density at radius 3 is 2.59 bits per heavy atom. The van der Waals surface area contributed by atoms with Crippen molar-refractivity contribution in [2.24, 2.45) is 0 Å². The molecule has 0 bridgehead atoms. The monoisotopic (exact) mass is 452 g/mol. The van der Waals surface area contributed by atoms with E-state index < -0.39 is 10.8 Å². The molecule has 0 aliphatic carbocycles.